The van der Waals surface area contributed by atoms with Gasteiger partial charge in [0.1, 0.15) is 0 Å². The van der Waals surface area contributed by atoms with Crippen molar-refractivity contribution < 1.29 is 4.74 Å². The van der Waals surface area contributed by atoms with Crippen LogP contribution in [0, 0.1) is 18.3 Å². The van der Waals surface area contributed by atoms with Gasteiger partial charge in [0.2, 0.25) is 0 Å². The lowest BCUT2D eigenvalue weighted by atomic mass is 9.55. The van der Waals surface area contributed by atoms with Crippen molar-refractivity contribution >= 4 is 5.69 Å². The smallest absolute Gasteiger partial charge is 0.0693 e. The summed E-state index contributed by atoms with van der Waals surface area (Å²) in [5.41, 5.74) is 2.46. The predicted octanol–water partition coefficient (Wildman–Crippen LogP) is 3.01. The quantitative estimate of drug-likeness (QED) is 0.871. The van der Waals surface area contributed by atoms with Crippen LogP contribution in [0.5, 0.6) is 0 Å². The van der Waals surface area contributed by atoms with Crippen LogP contribution in [0.1, 0.15) is 32.4 Å². The van der Waals surface area contributed by atoms with E-state index in [1.54, 1.807) is 0 Å². The van der Waals surface area contributed by atoms with E-state index in [4.69, 9.17) is 4.74 Å². The van der Waals surface area contributed by atoms with Crippen molar-refractivity contribution in [2.45, 2.75) is 45.8 Å². The highest BCUT2D eigenvalue weighted by Crippen LogP contribution is 2.52. The zero-order valence-corrected chi connectivity index (χ0v) is 11.4. The van der Waals surface area contributed by atoms with E-state index in [2.05, 4.69) is 37.1 Å². The summed E-state index contributed by atoms with van der Waals surface area (Å²) in [6.07, 6.45) is 4.76. The van der Waals surface area contributed by atoms with E-state index in [0.29, 0.717) is 18.1 Å². The minimum absolute atomic E-state index is 0.216. The van der Waals surface area contributed by atoms with Crippen molar-refractivity contribution in [3.05, 3.63) is 24.0 Å². The first-order valence-corrected chi connectivity index (χ1v) is 6.90. The molecule has 1 aliphatic carbocycles. The molecule has 2 heterocycles. The highest BCUT2D eigenvalue weighted by molar-refractivity contribution is 5.49. The van der Waals surface area contributed by atoms with Crippen molar-refractivity contribution in [2.75, 3.05) is 11.9 Å². The van der Waals surface area contributed by atoms with E-state index in [0.717, 1.165) is 12.3 Å². The van der Waals surface area contributed by atoms with Crippen LogP contribution in [-0.2, 0) is 4.74 Å². The maximum atomic E-state index is 5.93. The van der Waals surface area contributed by atoms with Crippen LogP contribution in [0.15, 0.2) is 18.3 Å². The molecule has 3 heteroatoms. The second kappa shape index (κ2) is 4.23. The average Bonchev–Trinajstić information content (AvgIpc) is 2.38. The molecule has 0 amide bonds. The Bertz CT molecular complexity index is 444. The van der Waals surface area contributed by atoms with Gasteiger partial charge >= 0.3 is 0 Å². The summed E-state index contributed by atoms with van der Waals surface area (Å²) in [7, 11) is 0. The molecule has 18 heavy (non-hydrogen) atoms. The zero-order chi connectivity index (χ0) is 12.8. The van der Waals surface area contributed by atoms with Gasteiger partial charge in [0.25, 0.3) is 0 Å². The van der Waals surface area contributed by atoms with Crippen LogP contribution in [0.4, 0.5) is 5.69 Å². The maximum absolute atomic E-state index is 5.93. The van der Waals surface area contributed by atoms with Crippen LogP contribution in [0.2, 0.25) is 0 Å². The first-order chi connectivity index (χ1) is 8.60. The van der Waals surface area contributed by atoms with Crippen LogP contribution in [-0.4, -0.2) is 23.7 Å². The van der Waals surface area contributed by atoms with Gasteiger partial charge in [-0.3, -0.25) is 4.98 Å². The van der Waals surface area contributed by atoms with Gasteiger partial charge in [-0.05, 0) is 31.9 Å². The van der Waals surface area contributed by atoms with E-state index < -0.39 is 0 Å². The van der Waals surface area contributed by atoms with E-state index >= 15 is 0 Å². The minimum Gasteiger partial charge on any atom is -0.380 e. The number of aromatic nitrogens is 1. The molecule has 3 unspecified atom stereocenters. The second-order valence-corrected chi connectivity index (χ2v) is 6.18. The summed E-state index contributed by atoms with van der Waals surface area (Å²) >= 11 is 0. The lowest BCUT2D eigenvalue weighted by Gasteiger charge is -2.60. The van der Waals surface area contributed by atoms with Gasteiger partial charge in [0.15, 0.2) is 0 Å². The fraction of sp³-hybridized carbons (Fsp3) is 0.667. The molecule has 3 atom stereocenters. The standard InChI is InChI=1S/C15H22N2O/c1-10-12(7-4-8-16-10)17-13-11-6-5-9-18-14(11)15(13,2)3/h4,7-8,11,13-14,17H,5-6,9H2,1-3H3. The fourth-order valence-electron chi connectivity index (χ4n) is 3.62. The molecule has 2 aliphatic rings. The van der Waals surface area contributed by atoms with E-state index in [9.17, 15) is 0 Å². The number of ether oxygens (including phenoxy) is 1. The van der Waals surface area contributed by atoms with Crippen molar-refractivity contribution in [3.8, 4) is 0 Å². The largest absolute Gasteiger partial charge is 0.380 e. The average molecular weight is 246 g/mol. The Labute approximate surface area is 109 Å². The molecule has 0 radical (unpaired) electrons. The number of nitrogens with one attached hydrogen (secondary N) is 1. The summed E-state index contributed by atoms with van der Waals surface area (Å²) in [5, 5.41) is 3.69. The Balaban J connectivity index is 1.78. The zero-order valence-electron chi connectivity index (χ0n) is 11.4. The van der Waals surface area contributed by atoms with Crippen LogP contribution in [0.25, 0.3) is 0 Å². The van der Waals surface area contributed by atoms with Gasteiger partial charge < -0.3 is 10.1 Å². The molecule has 0 bridgehead atoms. The van der Waals surface area contributed by atoms with Gasteiger partial charge in [-0.15, -0.1) is 0 Å². The molecule has 2 fully saturated rings. The van der Waals surface area contributed by atoms with Gasteiger partial charge in [-0.25, -0.2) is 0 Å². The second-order valence-electron chi connectivity index (χ2n) is 6.18. The van der Waals surface area contributed by atoms with E-state index in [1.165, 1.54) is 18.5 Å². The molecule has 3 nitrogen and oxygen atoms in total. The molecule has 1 aromatic heterocycles. The van der Waals surface area contributed by atoms with Crippen LogP contribution >= 0.6 is 0 Å². The Morgan fingerprint density at radius 3 is 3.06 bits per heavy atom. The summed E-state index contributed by atoms with van der Waals surface area (Å²) < 4.78 is 5.93. The molecular weight excluding hydrogens is 224 g/mol. The molecule has 0 aromatic carbocycles. The number of hydrogen-bond acceptors (Lipinski definition) is 3. The van der Waals surface area contributed by atoms with Gasteiger partial charge in [0, 0.05) is 30.2 Å². The molecule has 1 N–H and O–H groups in total. The number of hydrogen-bond donors (Lipinski definition) is 1. The molecule has 1 aromatic rings. The Kier molecular flexibility index (Phi) is 2.81. The number of aryl methyl sites for hydroxylation is 1. The first-order valence-electron chi connectivity index (χ1n) is 6.90. The monoisotopic (exact) mass is 246 g/mol. The van der Waals surface area contributed by atoms with Gasteiger partial charge in [-0.1, -0.05) is 13.8 Å². The van der Waals surface area contributed by atoms with Crippen molar-refractivity contribution in [2.24, 2.45) is 11.3 Å². The SMILES string of the molecule is Cc1ncccc1NC1C2CCCOC2C1(C)C. The summed E-state index contributed by atoms with van der Waals surface area (Å²) in [4.78, 5) is 4.35. The van der Waals surface area contributed by atoms with Crippen LogP contribution in [0.3, 0.4) is 0 Å². The van der Waals surface area contributed by atoms with Gasteiger partial charge in [0.05, 0.1) is 17.5 Å². The third-order valence-electron chi connectivity index (χ3n) is 4.65. The normalized spacial score (nSPS) is 33.4. The number of fused-ring (bicyclic) bond motifs is 1. The molecular formula is C15H22N2O. The third-order valence-corrected chi connectivity index (χ3v) is 4.65. The molecule has 1 aliphatic heterocycles. The summed E-state index contributed by atoms with van der Waals surface area (Å²) in [5.74, 6) is 0.661. The topological polar surface area (TPSA) is 34.2 Å². The van der Waals surface area contributed by atoms with Crippen molar-refractivity contribution in [3.63, 3.8) is 0 Å². The number of pyridine rings is 1. The highest BCUT2D eigenvalue weighted by Gasteiger charge is 2.57. The van der Waals surface area contributed by atoms with Crippen LogP contribution < -0.4 is 5.32 Å². The lowest BCUT2D eigenvalue weighted by Crippen LogP contribution is -2.67. The number of nitrogens with zero attached hydrogens (tertiary/aromatic N) is 1. The number of anilines is 1. The van der Waals surface area contributed by atoms with E-state index in [1.807, 2.05) is 12.3 Å². The molecule has 1 saturated carbocycles. The molecule has 0 spiro atoms. The predicted molar refractivity (Wildman–Crippen MR) is 72.6 cm³/mol. The minimum atomic E-state index is 0.216. The maximum Gasteiger partial charge on any atom is 0.0693 e. The summed E-state index contributed by atoms with van der Waals surface area (Å²) in [6, 6.07) is 4.62. The Morgan fingerprint density at radius 1 is 1.44 bits per heavy atom. The Morgan fingerprint density at radius 2 is 2.28 bits per heavy atom. The van der Waals surface area contributed by atoms with Crippen molar-refractivity contribution in [1.82, 2.24) is 4.98 Å². The lowest BCUT2D eigenvalue weighted by molar-refractivity contribution is -0.177. The van der Waals surface area contributed by atoms with E-state index in [-0.39, 0.29) is 5.41 Å². The molecule has 1 saturated heterocycles. The van der Waals surface area contributed by atoms with Crippen molar-refractivity contribution in [1.29, 1.82) is 0 Å². The third kappa shape index (κ3) is 1.72. The highest BCUT2D eigenvalue weighted by atomic mass is 16.5. The Hall–Kier alpha value is -1.09. The molecule has 98 valence electrons. The number of rotatable bonds is 2. The molecule has 3 rings (SSSR count). The first kappa shape index (κ1) is 12.0. The fourth-order valence-corrected chi connectivity index (χ4v) is 3.62. The van der Waals surface area contributed by atoms with Gasteiger partial charge in [-0.2, -0.15) is 0 Å². The summed E-state index contributed by atoms with van der Waals surface area (Å²) in [6.45, 7) is 7.61.